The smallest absolute Gasteiger partial charge is 0.355 e. The van der Waals surface area contributed by atoms with Crippen LogP contribution in [0.25, 0.3) is 0 Å². The van der Waals surface area contributed by atoms with Crippen molar-refractivity contribution in [3.63, 3.8) is 0 Å². The highest BCUT2D eigenvalue weighted by Crippen LogP contribution is 2.45. The van der Waals surface area contributed by atoms with E-state index in [0.29, 0.717) is 17.0 Å². The maximum Gasteiger partial charge on any atom is 0.355 e. The summed E-state index contributed by atoms with van der Waals surface area (Å²) in [5.74, 6) is -2.25. The predicted octanol–water partition coefficient (Wildman–Crippen LogP) is 3.38. The summed E-state index contributed by atoms with van der Waals surface area (Å²) in [5, 5.41) is 14.5. The number of carbonyl (C=O) groups excluding carboxylic acids is 2. The maximum absolute atomic E-state index is 13.3. The molecule has 1 aliphatic rings. The molecule has 0 fully saturated rings. The Morgan fingerprint density at radius 1 is 1.05 bits per heavy atom. The average molecular weight is 514 g/mol. The van der Waals surface area contributed by atoms with E-state index >= 15 is 0 Å². The molecule has 2 heterocycles. The molecule has 4 rings (SSSR count). The summed E-state index contributed by atoms with van der Waals surface area (Å²) in [6.07, 6.45) is 3.57. The molecule has 0 radical (unpaired) electrons. The Bertz CT molecular complexity index is 1450. The third-order valence-electron chi connectivity index (χ3n) is 6.12. The van der Waals surface area contributed by atoms with Gasteiger partial charge in [0.2, 0.25) is 0 Å². The fourth-order valence-corrected chi connectivity index (χ4v) is 4.34. The summed E-state index contributed by atoms with van der Waals surface area (Å²) in [5.41, 5.74) is 8.20. The van der Waals surface area contributed by atoms with E-state index in [0.717, 1.165) is 12.1 Å². The van der Waals surface area contributed by atoms with Crippen molar-refractivity contribution in [2.24, 2.45) is 5.73 Å². The Hall–Kier alpha value is -5.04. The Balaban J connectivity index is 1.91. The van der Waals surface area contributed by atoms with Crippen molar-refractivity contribution in [1.29, 1.82) is 5.26 Å². The first-order valence-corrected chi connectivity index (χ1v) is 11.8. The van der Waals surface area contributed by atoms with Gasteiger partial charge in [0.15, 0.2) is 0 Å². The molecule has 1 atom stereocenters. The molecule has 2 aromatic carbocycles. The van der Waals surface area contributed by atoms with Gasteiger partial charge in [0.25, 0.3) is 0 Å². The van der Waals surface area contributed by atoms with Crippen molar-refractivity contribution < 1.29 is 23.8 Å². The second-order valence-corrected chi connectivity index (χ2v) is 8.30. The van der Waals surface area contributed by atoms with Crippen LogP contribution in [-0.4, -0.2) is 35.9 Å². The van der Waals surface area contributed by atoms with Gasteiger partial charge in [-0.15, -0.1) is 0 Å². The van der Waals surface area contributed by atoms with Crippen LogP contribution < -0.4 is 15.4 Å². The van der Waals surface area contributed by atoms with Crippen molar-refractivity contribution in [3.8, 4) is 11.8 Å². The lowest BCUT2D eigenvalue weighted by Crippen LogP contribution is -2.41. The number of para-hydroxylation sites is 2. The van der Waals surface area contributed by atoms with Crippen LogP contribution in [-0.2, 0) is 32.2 Å². The van der Waals surface area contributed by atoms with E-state index in [2.05, 4.69) is 11.2 Å². The maximum atomic E-state index is 13.3. The van der Waals surface area contributed by atoms with E-state index in [4.69, 9.17) is 19.9 Å². The third-order valence-corrected chi connectivity index (χ3v) is 6.12. The number of hydrogen-bond donors (Lipinski definition) is 1. The van der Waals surface area contributed by atoms with Crippen molar-refractivity contribution in [2.75, 3.05) is 19.1 Å². The van der Waals surface area contributed by atoms with Crippen molar-refractivity contribution in [3.05, 3.63) is 101 Å². The first kappa shape index (κ1) is 26.0. The topological polar surface area (TPSA) is 133 Å². The monoisotopic (exact) mass is 513 g/mol. The molecule has 10 nitrogen and oxygen atoms in total. The summed E-state index contributed by atoms with van der Waals surface area (Å²) in [6.45, 7) is 2.88. The number of esters is 2. The van der Waals surface area contributed by atoms with Gasteiger partial charge in [0.1, 0.15) is 23.9 Å². The third kappa shape index (κ3) is 4.82. The Kier molecular flexibility index (Phi) is 7.77. The summed E-state index contributed by atoms with van der Waals surface area (Å²) in [4.78, 5) is 27.8. The van der Waals surface area contributed by atoms with Crippen LogP contribution in [0, 0.1) is 11.3 Å². The van der Waals surface area contributed by atoms with Crippen LogP contribution in [0.5, 0.6) is 5.75 Å². The van der Waals surface area contributed by atoms with Crippen molar-refractivity contribution in [2.45, 2.75) is 26.0 Å². The molecule has 0 saturated heterocycles. The number of anilines is 1. The van der Waals surface area contributed by atoms with E-state index in [1.54, 1.807) is 65.5 Å². The quantitative estimate of drug-likeness (QED) is 0.450. The van der Waals surface area contributed by atoms with Gasteiger partial charge < -0.3 is 19.9 Å². The molecule has 0 saturated carbocycles. The van der Waals surface area contributed by atoms with E-state index < -0.39 is 17.9 Å². The van der Waals surface area contributed by atoms with Crippen LogP contribution in [0.1, 0.15) is 24.0 Å². The molecular weight excluding hydrogens is 486 g/mol. The number of carbonyl (C=O) groups is 2. The fourth-order valence-electron chi connectivity index (χ4n) is 4.34. The highest BCUT2D eigenvalue weighted by Gasteiger charge is 2.43. The number of aromatic nitrogens is 2. The number of benzene rings is 2. The van der Waals surface area contributed by atoms with Gasteiger partial charge in [-0.25, -0.2) is 9.59 Å². The Labute approximate surface area is 220 Å². The molecule has 38 heavy (non-hydrogen) atoms. The van der Waals surface area contributed by atoms with E-state index in [-0.39, 0.29) is 29.3 Å². The lowest BCUT2D eigenvalue weighted by Gasteiger charge is -2.36. The van der Waals surface area contributed by atoms with Crippen LogP contribution in [0.2, 0.25) is 0 Å². The molecule has 0 spiro atoms. The summed E-state index contributed by atoms with van der Waals surface area (Å²) < 4.78 is 18.1. The average Bonchev–Trinajstić information content (AvgIpc) is 3.43. The van der Waals surface area contributed by atoms with Gasteiger partial charge >= 0.3 is 11.9 Å². The first-order chi connectivity index (χ1) is 18.4. The minimum atomic E-state index is -0.952. The van der Waals surface area contributed by atoms with E-state index in [1.807, 2.05) is 13.1 Å². The zero-order valence-corrected chi connectivity index (χ0v) is 21.2. The van der Waals surface area contributed by atoms with E-state index in [9.17, 15) is 14.9 Å². The number of aryl methyl sites for hydroxylation is 1. The summed E-state index contributed by atoms with van der Waals surface area (Å²) in [7, 11) is 2.41. The molecule has 10 heteroatoms. The molecule has 0 aliphatic carbocycles. The highest BCUT2D eigenvalue weighted by molar-refractivity contribution is 6.06. The first-order valence-electron chi connectivity index (χ1n) is 11.8. The summed E-state index contributed by atoms with van der Waals surface area (Å²) in [6, 6.07) is 17.8. The zero-order chi connectivity index (χ0) is 27.2. The van der Waals surface area contributed by atoms with E-state index in [1.165, 1.54) is 19.1 Å². The molecular formula is C28H27N5O5. The zero-order valence-electron chi connectivity index (χ0n) is 21.2. The molecule has 2 N–H and O–H groups in total. The number of allylic oxidation sites excluding steroid dienone is 1. The SMILES string of the molecule is CCn1cc(COc2ccccc2N2C(N)=C(C#N)C(c3ccccc3)C(C(=O)OC)=C2C(=O)OC)cn1. The lowest BCUT2D eigenvalue weighted by atomic mass is 9.81. The summed E-state index contributed by atoms with van der Waals surface area (Å²) >= 11 is 0. The van der Waals surface area contributed by atoms with Crippen LogP contribution in [0.4, 0.5) is 5.69 Å². The number of ether oxygens (including phenoxy) is 3. The van der Waals surface area contributed by atoms with Gasteiger partial charge in [-0.05, 0) is 24.6 Å². The number of nitrogens with two attached hydrogens (primary N) is 1. The number of rotatable bonds is 8. The van der Waals surface area contributed by atoms with Crippen LogP contribution in [0.3, 0.4) is 0 Å². The van der Waals surface area contributed by atoms with Gasteiger partial charge in [-0.1, -0.05) is 42.5 Å². The Morgan fingerprint density at radius 3 is 2.37 bits per heavy atom. The number of hydrogen-bond acceptors (Lipinski definition) is 9. The molecule has 1 aromatic heterocycles. The molecule has 194 valence electrons. The minimum absolute atomic E-state index is 0.0377. The molecule has 0 amide bonds. The van der Waals surface area contributed by atoms with Gasteiger partial charge in [0.05, 0.1) is 49.2 Å². The normalized spacial score (nSPS) is 15.2. The number of nitrogens with zero attached hydrogens (tertiary/aromatic N) is 4. The number of methoxy groups -OCH3 is 2. The van der Waals surface area contributed by atoms with Crippen LogP contribution in [0.15, 0.2) is 89.7 Å². The van der Waals surface area contributed by atoms with Crippen molar-refractivity contribution >= 4 is 17.6 Å². The molecule has 0 bridgehead atoms. The molecule has 1 unspecified atom stereocenters. The second-order valence-electron chi connectivity index (χ2n) is 8.30. The number of nitriles is 1. The predicted molar refractivity (Wildman–Crippen MR) is 138 cm³/mol. The lowest BCUT2D eigenvalue weighted by molar-refractivity contribution is -0.139. The second kappa shape index (κ2) is 11.3. The largest absolute Gasteiger partial charge is 0.487 e. The standard InChI is InChI=1S/C28H27N5O5/c1-4-32-16-18(15-31-32)17-38-22-13-9-8-12-21(22)33-25(28(35)37-3)24(27(34)36-2)23(20(14-29)26(33)30)19-10-6-5-7-11-19/h5-13,15-16,23H,4,17,30H2,1-3H3. The van der Waals surface area contributed by atoms with Crippen LogP contribution >= 0.6 is 0 Å². The van der Waals surface area contributed by atoms with Gasteiger partial charge in [-0.3, -0.25) is 9.58 Å². The van der Waals surface area contributed by atoms with Gasteiger partial charge in [-0.2, -0.15) is 10.4 Å². The minimum Gasteiger partial charge on any atom is -0.487 e. The molecule has 3 aromatic rings. The van der Waals surface area contributed by atoms with Gasteiger partial charge in [0, 0.05) is 18.3 Å². The Morgan fingerprint density at radius 2 is 1.74 bits per heavy atom. The highest BCUT2D eigenvalue weighted by atomic mass is 16.5. The fraction of sp³-hybridized carbons (Fsp3) is 0.214. The van der Waals surface area contributed by atoms with Crippen molar-refractivity contribution in [1.82, 2.24) is 9.78 Å². The molecule has 1 aliphatic heterocycles.